The highest BCUT2D eigenvalue weighted by atomic mass is 32.2. The molecule has 1 atom stereocenters. The molecule has 0 aliphatic carbocycles. The Morgan fingerprint density at radius 3 is 2.39 bits per heavy atom. The number of nitrogens with one attached hydrogen (secondary N) is 2. The number of hydrogen-bond donors (Lipinski definition) is 2. The Morgan fingerprint density at radius 1 is 1.11 bits per heavy atom. The Kier molecular flexibility index (Phi) is 8.14. The lowest BCUT2D eigenvalue weighted by Gasteiger charge is -2.15. The number of thioether (sulfide) groups is 1. The molecule has 3 heteroatoms. The van der Waals surface area contributed by atoms with Crippen LogP contribution in [0.1, 0.15) is 25.8 Å². The molecule has 0 saturated heterocycles. The first-order valence-electron chi connectivity index (χ1n) is 6.87. The highest BCUT2D eigenvalue weighted by molar-refractivity contribution is 7.99. The predicted molar refractivity (Wildman–Crippen MR) is 82.3 cm³/mol. The van der Waals surface area contributed by atoms with Crippen LogP contribution >= 0.6 is 11.8 Å². The average Bonchev–Trinajstić information content (AvgIpc) is 2.40. The van der Waals surface area contributed by atoms with Crippen LogP contribution in [0.5, 0.6) is 0 Å². The van der Waals surface area contributed by atoms with Crippen LogP contribution in [-0.4, -0.2) is 25.9 Å². The molecule has 0 bridgehead atoms. The molecule has 0 heterocycles. The molecule has 0 fully saturated rings. The second-order valence-electron chi connectivity index (χ2n) is 4.54. The van der Waals surface area contributed by atoms with Crippen molar-refractivity contribution in [3.63, 3.8) is 0 Å². The van der Waals surface area contributed by atoms with E-state index in [9.17, 15) is 0 Å². The van der Waals surface area contributed by atoms with Crippen LogP contribution in [0, 0.1) is 5.92 Å². The van der Waals surface area contributed by atoms with Gasteiger partial charge in [-0.3, -0.25) is 0 Å². The Hall–Kier alpha value is -0.510. The number of rotatable bonds is 9. The van der Waals surface area contributed by atoms with E-state index in [1.807, 2.05) is 18.8 Å². The molecule has 1 aromatic rings. The van der Waals surface area contributed by atoms with Gasteiger partial charge in [0.05, 0.1) is 0 Å². The standard InChI is InChI=1S/C15H26N2S/c1-4-13(10-16-3)11-17-12-14-6-8-15(9-7-14)18-5-2/h6-9,13,16-17H,4-5,10-12H2,1-3H3. The van der Waals surface area contributed by atoms with Crippen molar-refractivity contribution in [1.29, 1.82) is 0 Å². The third-order valence-electron chi connectivity index (χ3n) is 3.07. The minimum absolute atomic E-state index is 0.727. The molecule has 0 saturated carbocycles. The molecule has 1 aromatic carbocycles. The van der Waals surface area contributed by atoms with E-state index in [4.69, 9.17) is 0 Å². The highest BCUT2D eigenvalue weighted by Gasteiger charge is 2.04. The molecule has 18 heavy (non-hydrogen) atoms. The van der Waals surface area contributed by atoms with Crippen LogP contribution in [0.4, 0.5) is 0 Å². The Bertz CT molecular complexity index is 311. The van der Waals surface area contributed by atoms with E-state index >= 15 is 0 Å². The molecule has 2 N–H and O–H groups in total. The number of hydrogen-bond acceptors (Lipinski definition) is 3. The third kappa shape index (κ3) is 5.89. The fourth-order valence-electron chi connectivity index (χ4n) is 1.94. The van der Waals surface area contributed by atoms with E-state index in [1.165, 1.54) is 16.9 Å². The monoisotopic (exact) mass is 266 g/mol. The van der Waals surface area contributed by atoms with E-state index in [-0.39, 0.29) is 0 Å². The van der Waals surface area contributed by atoms with Crippen molar-refractivity contribution in [2.75, 3.05) is 25.9 Å². The summed E-state index contributed by atoms with van der Waals surface area (Å²) >= 11 is 1.89. The minimum atomic E-state index is 0.727. The van der Waals surface area contributed by atoms with E-state index in [0.29, 0.717) is 0 Å². The van der Waals surface area contributed by atoms with Crippen molar-refractivity contribution in [2.45, 2.75) is 31.7 Å². The SMILES string of the molecule is CCSc1ccc(CNCC(CC)CNC)cc1. The van der Waals surface area contributed by atoms with E-state index in [0.717, 1.165) is 31.3 Å². The molecule has 1 rings (SSSR count). The fraction of sp³-hybridized carbons (Fsp3) is 0.600. The Balaban J connectivity index is 2.30. The molecule has 0 aliphatic heterocycles. The summed E-state index contributed by atoms with van der Waals surface area (Å²) in [5.41, 5.74) is 1.37. The zero-order valence-electron chi connectivity index (χ0n) is 11.8. The fourth-order valence-corrected chi connectivity index (χ4v) is 2.60. The zero-order chi connectivity index (χ0) is 13.2. The van der Waals surface area contributed by atoms with Crippen molar-refractivity contribution in [3.05, 3.63) is 29.8 Å². The second kappa shape index (κ2) is 9.42. The predicted octanol–water partition coefficient (Wildman–Crippen LogP) is 3.13. The highest BCUT2D eigenvalue weighted by Crippen LogP contribution is 2.17. The first-order valence-corrected chi connectivity index (χ1v) is 7.85. The molecular formula is C15H26N2S. The van der Waals surface area contributed by atoms with Crippen molar-refractivity contribution >= 4 is 11.8 Å². The molecule has 0 aliphatic rings. The van der Waals surface area contributed by atoms with Gasteiger partial charge in [0.2, 0.25) is 0 Å². The zero-order valence-corrected chi connectivity index (χ0v) is 12.6. The quantitative estimate of drug-likeness (QED) is 0.672. The summed E-state index contributed by atoms with van der Waals surface area (Å²) in [4.78, 5) is 1.36. The number of benzene rings is 1. The third-order valence-corrected chi connectivity index (χ3v) is 3.96. The lowest BCUT2D eigenvalue weighted by molar-refractivity contribution is 0.445. The summed E-state index contributed by atoms with van der Waals surface area (Å²) in [5.74, 6) is 1.87. The maximum atomic E-state index is 3.54. The molecule has 2 nitrogen and oxygen atoms in total. The van der Waals surface area contributed by atoms with Gasteiger partial charge in [-0.05, 0) is 49.5 Å². The summed E-state index contributed by atoms with van der Waals surface area (Å²) in [6, 6.07) is 8.89. The van der Waals surface area contributed by atoms with Gasteiger partial charge in [0, 0.05) is 11.4 Å². The summed E-state index contributed by atoms with van der Waals surface area (Å²) < 4.78 is 0. The lowest BCUT2D eigenvalue weighted by atomic mass is 10.1. The summed E-state index contributed by atoms with van der Waals surface area (Å²) in [6.45, 7) is 7.59. The second-order valence-corrected chi connectivity index (χ2v) is 5.88. The van der Waals surface area contributed by atoms with E-state index in [2.05, 4.69) is 48.7 Å². The van der Waals surface area contributed by atoms with Gasteiger partial charge in [-0.1, -0.05) is 32.4 Å². The molecule has 0 amide bonds. The summed E-state index contributed by atoms with van der Waals surface area (Å²) in [6.07, 6.45) is 1.22. The van der Waals surface area contributed by atoms with Gasteiger partial charge < -0.3 is 10.6 Å². The Morgan fingerprint density at radius 2 is 1.83 bits per heavy atom. The van der Waals surface area contributed by atoms with Gasteiger partial charge in [0.25, 0.3) is 0 Å². The average molecular weight is 266 g/mol. The van der Waals surface area contributed by atoms with E-state index < -0.39 is 0 Å². The van der Waals surface area contributed by atoms with Crippen LogP contribution < -0.4 is 10.6 Å². The topological polar surface area (TPSA) is 24.1 Å². The normalized spacial score (nSPS) is 12.6. The van der Waals surface area contributed by atoms with Gasteiger partial charge in [-0.15, -0.1) is 11.8 Å². The van der Waals surface area contributed by atoms with E-state index in [1.54, 1.807) is 0 Å². The summed E-state index contributed by atoms with van der Waals surface area (Å²) in [7, 11) is 2.02. The van der Waals surface area contributed by atoms with Gasteiger partial charge in [-0.2, -0.15) is 0 Å². The van der Waals surface area contributed by atoms with Crippen molar-refractivity contribution in [2.24, 2.45) is 5.92 Å². The first kappa shape index (κ1) is 15.5. The van der Waals surface area contributed by atoms with Crippen LogP contribution in [0.15, 0.2) is 29.2 Å². The molecule has 0 spiro atoms. The van der Waals surface area contributed by atoms with Crippen molar-refractivity contribution < 1.29 is 0 Å². The van der Waals surface area contributed by atoms with Crippen LogP contribution in [0.2, 0.25) is 0 Å². The largest absolute Gasteiger partial charge is 0.319 e. The Labute approximate surface area is 116 Å². The van der Waals surface area contributed by atoms with Gasteiger partial charge >= 0.3 is 0 Å². The molecule has 0 aromatic heterocycles. The van der Waals surface area contributed by atoms with Gasteiger partial charge in [0.1, 0.15) is 0 Å². The molecule has 0 radical (unpaired) electrons. The lowest BCUT2D eigenvalue weighted by Crippen LogP contribution is -2.29. The smallest absolute Gasteiger partial charge is 0.0205 e. The minimum Gasteiger partial charge on any atom is -0.319 e. The molecule has 102 valence electrons. The summed E-state index contributed by atoms with van der Waals surface area (Å²) in [5, 5.41) is 6.79. The van der Waals surface area contributed by atoms with Crippen LogP contribution in [0.25, 0.3) is 0 Å². The molecule has 1 unspecified atom stereocenters. The maximum absolute atomic E-state index is 3.54. The van der Waals surface area contributed by atoms with Gasteiger partial charge in [0.15, 0.2) is 0 Å². The molecular weight excluding hydrogens is 240 g/mol. The first-order chi connectivity index (χ1) is 8.80. The van der Waals surface area contributed by atoms with Crippen molar-refractivity contribution in [1.82, 2.24) is 10.6 Å². The van der Waals surface area contributed by atoms with Crippen molar-refractivity contribution in [3.8, 4) is 0 Å². The van der Waals surface area contributed by atoms with Crippen LogP contribution in [-0.2, 0) is 6.54 Å². The van der Waals surface area contributed by atoms with Gasteiger partial charge in [-0.25, -0.2) is 0 Å². The van der Waals surface area contributed by atoms with Crippen LogP contribution in [0.3, 0.4) is 0 Å². The maximum Gasteiger partial charge on any atom is 0.0205 e.